The molecule has 0 radical (unpaired) electrons. The summed E-state index contributed by atoms with van der Waals surface area (Å²) in [5.41, 5.74) is -1.00. The first-order valence-electron chi connectivity index (χ1n) is 5.84. The standard InChI is InChI=1S/C14H8F6O2/c1-6-2-3-7(11(16)10(6)15)8-4-5-9(12(17)13(8)21)22-14(18,19)20/h2-5,21H,1H3. The normalized spacial score (nSPS) is 11.6. The van der Waals surface area contributed by atoms with E-state index >= 15 is 0 Å². The van der Waals surface area contributed by atoms with Crippen molar-refractivity contribution in [1.29, 1.82) is 0 Å². The molecule has 0 aliphatic heterocycles. The molecule has 1 N–H and O–H groups in total. The predicted octanol–water partition coefficient (Wildman–Crippen LogP) is 4.68. The van der Waals surface area contributed by atoms with Crippen LogP contribution in [0.3, 0.4) is 0 Å². The van der Waals surface area contributed by atoms with E-state index in [-0.39, 0.29) is 5.56 Å². The summed E-state index contributed by atoms with van der Waals surface area (Å²) >= 11 is 0. The first kappa shape index (κ1) is 16.0. The van der Waals surface area contributed by atoms with Crippen LogP contribution in [0, 0.1) is 24.4 Å². The van der Waals surface area contributed by atoms with Gasteiger partial charge in [0.05, 0.1) is 0 Å². The van der Waals surface area contributed by atoms with Crippen molar-refractivity contribution in [3.8, 4) is 22.6 Å². The zero-order chi connectivity index (χ0) is 16.7. The zero-order valence-corrected chi connectivity index (χ0v) is 10.9. The summed E-state index contributed by atoms with van der Waals surface area (Å²) in [6.07, 6.45) is -5.16. The summed E-state index contributed by atoms with van der Waals surface area (Å²) in [5, 5.41) is 9.60. The summed E-state index contributed by atoms with van der Waals surface area (Å²) < 4.78 is 80.5. The van der Waals surface area contributed by atoms with E-state index in [4.69, 9.17) is 0 Å². The topological polar surface area (TPSA) is 29.5 Å². The van der Waals surface area contributed by atoms with Crippen LogP contribution in [-0.4, -0.2) is 11.5 Å². The Morgan fingerprint density at radius 3 is 2.05 bits per heavy atom. The van der Waals surface area contributed by atoms with E-state index in [0.29, 0.717) is 6.07 Å². The van der Waals surface area contributed by atoms with Gasteiger partial charge in [-0.2, -0.15) is 4.39 Å². The van der Waals surface area contributed by atoms with Gasteiger partial charge in [0.25, 0.3) is 0 Å². The molecule has 0 atom stereocenters. The van der Waals surface area contributed by atoms with E-state index in [2.05, 4.69) is 4.74 Å². The van der Waals surface area contributed by atoms with Crippen LogP contribution in [-0.2, 0) is 0 Å². The van der Waals surface area contributed by atoms with Crippen molar-refractivity contribution in [3.05, 3.63) is 47.3 Å². The van der Waals surface area contributed by atoms with Gasteiger partial charge in [0.2, 0.25) is 5.82 Å². The third kappa shape index (κ3) is 2.95. The second-order valence-corrected chi connectivity index (χ2v) is 4.38. The van der Waals surface area contributed by atoms with Gasteiger partial charge < -0.3 is 9.84 Å². The molecule has 0 fully saturated rings. The number of benzene rings is 2. The van der Waals surface area contributed by atoms with Crippen LogP contribution in [0.15, 0.2) is 24.3 Å². The summed E-state index contributed by atoms with van der Waals surface area (Å²) in [7, 11) is 0. The molecule has 0 saturated heterocycles. The maximum atomic E-state index is 13.8. The number of phenolic OH excluding ortho intramolecular Hbond substituents is 1. The van der Waals surface area contributed by atoms with Crippen LogP contribution in [0.2, 0.25) is 0 Å². The van der Waals surface area contributed by atoms with Crippen molar-refractivity contribution in [2.75, 3.05) is 0 Å². The Morgan fingerprint density at radius 2 is 1.45 bits per heavy atom. The monoisotopic (exact) mass is 322 g/mol. The molecule has 118 valence electrons. The highest BCUT2D eigenvalue weighted by Crippen LogP contribution is 2.39. The van der Waals surface area contributed by atoms with Crippen molar-refractivity contribution in [2.45, 2.75) is 13.3 Å². The SMILES string of the molecule is Cc1ccc(-c2ccc(OC(F)(F)F)c(F)c2O)c(F)c1F. The van der Waals surface area contributed by atoms with Crippen molar-refractivity contribution < 1.29 is 36.2 Å². The summed E-state index contributed by atoms with van der Waals surface area (Å²) in [6.45, 7) is 1.29. The van der Waals surface area contributed by atoms with E-state index in [0.717, 1.165) is 12.1 Å². The minimum Gasteiger partial charge on any atom is -0.504 e. The van der Waals surface area contributed by atoms with Crippen LogP contribution in [0.5, 0.6) is 11.5 Å². The molecular formula is C14H8F6O2. The van der Waals surface area contributed by atoms with Crippen molar-refractivity contribution in [3.63, 3.8) is 0 Å². The second kappa shape index (κ2) is 5.43. The molecule has 0 aliphatic carbocycles. The van der Waals surface area contributed by atoms with E-state index < -0.39 is 46.4 Å². The molecule has 2 aromatic rings. The predicted molar refractivity (Wildman–Crippen MR) is 64.8 cm³/mol. The first-order chi connectivity index (χ1) is 10.1. The Bertz CT molecular complexity index is 724. The number of alkyl halides is 3. The Hall–Kier alpha value is -2.38. The minimum absolute atomic E-state index is 0.0155. The molecule has 22 heavy (non-hydrogen) atoms. The molecule has 8 heteroatoms. The number of rotatable bonds is 2. The van der Waals surface area contributed by atoms with Gasteiger partial charge in [-0.3, -0.25) is 0 Å². The number of aryl methyl sites for hydroxylation is 1. The third-order valence-electron chi connectivity index (χ3n) is 2.87. The number of hydrogen-bond donors (Lipinski definition) is 1. The fourth-order valence-electron chi connectivity index (χ4n) is 1.82. The van der Waals surface area contributed by atoms with E-state index in [1.807, 2.05) is 0 Å². The molecule has 0 heterocycles. The van der Waals surface area contributed by atoms with Gasteiger partial charge in [-0.15, -0.1) is 13.2 Å². The Labute approximate surface area is 120 Å². The van der Waals surface area contributed by atoms with Gasteiger partial charge in [0, 0.05) is 11.1 Å². The van der Waals surface area contributed by atoms with Gasteiger partial charge in [0.15, 0.2) is 23.1 Å². The van der Waals surface area contributed by atoms with Crippen LogP contribution >= 0.6 is 0 Å². The average molecular weight is 322 g/mol. The summed E-state index contributed by atoms with van der Waals surface area (Å²) in [6, 6.07) is 3.62. The Morgan fingerprint density at radius 1 is 0.864 bits per heavy atom. The highest BCUT2D eigenvalue weighted by molar-refractivity contribution is 5.72. The molecule has 0 unspecified atom stereocenters. The first-order valence-corrected chi connectivity index (χ1v) is 5.84. The van der Waals surface area contributed by atoms with Crippen molar-refractivity contribution in [2.24, 2.45) is 0 Å². The largest absolute Gasteiger partial charge is 0.573 e. The van der Waals surface area contributed by atoms with Gasteiger partial charge in [-0.1, -0.05) is 12.1 Å². The van der Waals surface area contributed by atoms with Gasteiger partial charge in [-0.25, -0.2) is 8.78 Å². The van der Waals surface area contributed by atoms with Gasteiger partial charge in [0.1, 0.15) is 0 Å². The molecular weight excluding hydrogens is 314 g/mol. The lowest BCUT2D eigenvalue weighted by molar-refractivity contribution is -0.275. The summed E-state index contributed by atoms with van der Waals surface area (Å²) in [4.78, 5) is 0. The quantitative estimate of drug-likeness (QED) is 0.813. The maximum Gasteiger partial charge on any atom is 0.573 e. The fraction of sp³-hybridized carbons (Fsp3) is 0.143. The summed E-state index contributed by atoms with van der Waals surface area (Å²) in [5.74, 6) is -6.83. The molecule has 0 aliphatic rings. The maximum absolute atomic E-state index is 13.8. The molecule has 0 aromatic heterocycles. The smallest absolute Gasteiger partial charge is 0.504 e. The Balaban J connectivity index is 2.55. The van der Waals surface area contributed by atoms with Crippen molar-refractivity contribution in [1.82, 2.24) is 0 Å². The number of hydrogen-bond acceptors (Lipinski definition) is 2. The molecule has 2 nitrogen and oxygen atoms in total. The number of phenols is 1. The third-order valence-corrected chi connectivity index (χ3v) is 2.87. The van der Waals surface area contributed by atoms with Crippen LogP contribution < -0.4 is 4.74 Å². The van der Waals surface area contributed by atoms with Crippen LogP contribution in [0.25, 0.3) is 11.1 Å². The fourth-order valence-corrected chi connectivity index (χ4v) is 1.82. The van der Waals surface area contributed by atoms with Gasteiger partial charge in [-0.05, 0) is 24.6 Å². The molecule has 2 rings (SSSR count). The zero-order valence-electron chi connectivity index (χ0n) is 10.9. The molecule has 0 spiro atoms. The van der Waals surface area contributed by atoms with E-state index in [1.54, 1.807) is 0 Å². The van der Waals surface area contributed by atoms with Crippen LogP contribution in [0.4, 0.5) is 26.3 Å². The lowest BCUT2D eigenvalue weighted by Gasteiger charge is -2.13. The van der Waals surface area contributed by atoms with Crippen LogP contribution in [0.1, 0.15) is 5.56 Å². The van der Waals surface area contributed by atoms with Gasteiger partial charge >= 0.3 is 6.36 Å². The lowest BCUT2D eigenvalue weighted by Crippen LogP contribution is -2.18. The van der Waals surface area contributed by atoms with E-state index in [9.17, 15) is 31.4 Å². The highest BCUT2D eigenvalue weighted by Gasteiger charge is 2.33. The van der Waals surface area contributed by atoms with Crippen molar-refractivity contribution >= 4 is 0 Å². The minimum atomic E-state index is -5.16. The molecule has 0 amide bonds. The highest BCUT2D eigenvalue weighted by atomic mass is 19.4. The Kier molecular flexibility index (Phi) is 3.95. The molecule has 2 aromatic carbocycles. The number of aromatic hydroxyl groups is 1. The van der Waals surface area contributed by atoms with E-state index in [1.165, 1.54) is 13.0 Å². The number of ether oxygens (including phenoxy) is 1. The molecule has 0 bridgehead atoms. The molecule has 0 saturated carbocycles. The second-order valence-electron chi connectivity index (χ2n) is 4.38. The lowest BCUT2D eigenvalue weighted by atomic mass is 10.0. The average Bonchev–Trinajstić information content (AvgIpc) is 2.42. The number of halogens is 6.